The molecule has 1 aromatic heterocycles. The third-order valence-corrected chi connectivity index (χ3v) is 5.39. The first-order valence-corrected chi connectivity index (χ1v) is 8.99. The lowest BCUT2D eigenvalue weighted by molar-refractivity contribution is -0.165. The molecule has 2 aromatic carbocycles. The second-order valence-corrected chi connectivity index (χ2v) is 6.86. The van der Waals surface area contributed by atoms with E-state index in [9.17, 15) is 0 Å². The molecule has 2 aliphatic rings. The van der Waals surface area contributed by atoms with E-state index < -0.39 is 5.79 Å². The maximum Gasteiger partial charge on any atom is 0.170 e. The van der Waals surface area contributed by atoms with Gasteiger partial charge in [-0.25, -0.2) is 0 Å². The molecule has 0 unspecified atom stereocenters. The van der Waals surface area contributed by atoms with Crippen molar-refractivity contribution in [2.45, 2.75) is 38.0 Å². The topological polar surface area (TPSA) is 49.2 Å². The van der Waals surface area contributed by atoms with Gasteiger partial charge in [0.15, 0.2) is 5.79 Å². The molecule has 1 fully saturated rings. The van der Waals surface area contributed by atoms with Crippen LogP contribution in [-0.2, 0) is 28.9 Å². The minimum atomic E-state index is -0.405. The molecule has 5 nitrogen and oxygen atoms in total. The summed E-state index contributed by atoms with van der Waals surface area (Å²) in [5.74, 6) is 1.67. The van der Waals surface area contributed by atoms with E-state index in [4.69, 9.17) is 9.47 Å². The minimum Gasteiger partial charge on any atom is -0.347 e. The van der Waals surface area contributed by atoms with Gasteiger partial charge in [-0.15, -0.1) is 10.2 Å². The summed E-state index contributed by atoms with van der Waals surface area (Å²) in [6, 6.07) is 15.0. The average Bonchev–Trinajstić information content (AvgIpc) is 3.21. The zero-order valence-electron chi connectivity index (χ0n) is 14.1. The van der Waals surface area contributed by atoms with Gasteiger partial charge < -0.3 is 14.0 Å². The molecule has 0 aliphatic carbocycles. The van der Waals surface area contributed by atoms with E-state index >= 15 is 0 Å². The summed E-state index contributed by atoms with van der Waals surface area (Å²) in [4.78, 5) is 0. The Balaban J connectivity index is 1.46. The van der Waals surface area contributed by atoms with Crippen LogP contribution in [0.15, 0.2) is 42.5 Å². The number of fused-ring (bicyclic) bond motifs is 2. The summed E-state index contributed by atoms with van der Waals surface area (Å²) < 4.78 is 14.1. The van der Waals surface area contributed by atoms with E-state index in [0.717, 1.165) is 43.9 Å². The lowest BCUT2D eigenvalue weighted by atomic mass is 10.0. The summed E-state index contributed by atoms with van der Waals surface area (Å²) in [7, 11) is 0. The quantitative estimate of drug-likeness (QED) is 0.722. The predicted octanol–water partition coefficient (Wildman–Crippen LogP) is 3.10. The highest BCUT2D eigenvalue weighted by Crippen LogP contribution is 2.32. The molecule has 0 atom stereocenters. The van der Waals surface area contributed by atoms with Crippen LogP contribution >= 0.6 is 0 Å². The molecule has 128 valence electrons. The van der Waals surface area contributed by atoms with Crippen molar-refractivity contribution in [2.75, 3.05) is 13.2 Å². The summed E-state index contributed by atoms with van der Waals surface area (Å²) in [6.45, 7) is 2.25. The molecule has 0 saturated carbocycles. The molecular formula is C20H21N3O2. The summed E-state index contributed by atoms with van der Waals surface area (Å²) >= 11 is 0. The maximum absolute atomic E-state index is 5.89. The third kappa shape index (κ3) is 2.64. The molecular weight excluding hydrogens is 314 g/mol. The van der Waals surface area contributed by atoms with Crippen LogP contribution in [0.2, 0.25) is 0 Å². The second-order valence-electron chi connectivity index (χ2n) is 6.86. The molecule has 3 heterocycles. The number of hydrogen-bond donors (Lipinski definition) is 0. The molecule has 5 rings (SSSR count). The number of ether oxygens (including phenoxy) is 2. The molecule has 5 heteroatoms. The molecule has 2 aliphatic heterocycles. The summed E-state index contributed by atoms with van der Waals surface area (Å²) in [5, 5.41) is 11.5. The smallest absolute Gasteiger partial charge is 0.170 e. The van der Waals surface area contributed by atoms with E-state index in [1.165, 1.54) is 16.3 Å². The first-order valence-electron chi connectivity index (χ1n) is 8.99. The van der Waals surface area contributed by atoms with E-state index in [2.05, 4.69) is 57.2 Å². The molecule has 0 N–H and O–H groups in total. The zero-order chi connectivity index (χ0) is 16.7. The van der Waals surface area contributed by atoms with E-state index in [-0.39, 0.29) is 0 Å². The highest BCUT2D eigenvalue weighted by Gasteiger charge is 2.38. The fourth-order valence-electron chi connectivity index (χ4n) is 4.06. The van der Waals surface area contributed by atoms with E-state index in [1.807, 2.05) is 0 Å². The molecule has 0 radical (unpaired) electrons. The van der Waals surface area contributed by atoms with Gasteiger partial charge in [-0.3, -0.25) is 0 Å². The Morgan fingerprint density at radius 1 is 0.960 bits per heavy atom. The van der Waals surface area contributed by atoms with Crippen LogP contribution in [0, 0.1) is 0 Å². The van der Waals surface area contributed by atoms with Gasteiger partial charge in [0, 0.05) is 32.2 Å². The van der Waals surface area contributed by atoms with Gasteiger partial charge >= 0.3 is 0 Å². The van der Waals surface area contributed by atoms with Crippen molar-refractivity contribution in [2.24, 2.45) is 0 Å². The monoisotopic (exact) mass is 335 g/mol. The number of nitrogens with zero attached hydrogens (tertiary/aromatic N) is 3. The minimum absolute atomic E-state index is 0.405. The highest BCUT2D eigenvalue weighted by atomic mass is 16.7. The molecule has 0 amide bonds. The third-order valence-electron chi connectivity index (χ3n) is 5.39. The summed E-state index contributed by atoms with van der Waals surface area (Å²) in [5.41, 5.74) is 1.29. The van der Waals surface area contributed by atoms with E-state index in [1.54, 1.807) is 0 Å². The second kappa shape index (κ2) is 5.93. The Labute approximate surface area is 146 Å². The van der Waals surface area contributed by atoms with Gasteiger partial charge in [-0.1, -0.05) is 42.5 Å². The zero-order valence-corrected chi connectivity index (χ0v) is 14.1. The van der Waals surface area contributed by atoms with Gasteiger partial charge in [0.05, 0.1) is 13.2 Å². The standard InChI is InChI=1S/C20H21N3O2/c1-2-7-17-15(4-1)5-3-6-16(17)14-19-22-21-18-8-9-20(10-11-23(18)19)24-12-13-25-20/h1-7H,8-14H2. The number of aryl methyl sites for hydroxylation is 1. The van der Waals surface area contributed by atoms with Crippen molar-refractivity contribution in [1.82, 2.24) is 14.8 Å². The number of rotatable bonds is 2. The van der Waals surface area contributed by atoms with Gasteiger partial charge in [0.1, 0.15) is 11.6 Å². The SMILES string of the molecule is c1ccc2c(Cc3nnc4n3CCC3(CC4)OCCO3)cccc2c1. The fourth-order valence-corrected chi connectivity index (χ4v) is 4.06. The summed E-state index contributed by atoms with van der Waals surface area (Å²) in [6.07, 6.45) is 3.37. The van der Waals surface area contributed by atoms with Crippen molar-refractivity contribution >= 4 is 10.8 Å². The molecule has 0 bridgehead atoms. The van der Waals surface area contributed by atoms with Crippen LogP contribution in [0.3, 0.4) is 0 Å². The van der Waals surface area contributed by atoms with Gasteiger partial charge in [-0.05, 0) is 16.3 Å². The lowest BCUT2D eigenvalue weighted by Gasteiger charge is -2.25. The van der Waals surface area contributed by atoms with Crippen LogP contribution in [0.5, 0.6) is 0 Å². The Morgan fingerprint density at radius 2 is 1.80 bits per heavy atom. The van der Waals surface area contributed by atoms with Gasteiger partial charge in [-0.2, -0.15) is 0 Å². The first kappa shape index (κ1) is 15.0. The fraction of sp³-hybridized carbons (Fsp3) is 0.400. The van der Waals surface area contributed by atoms with E-state index in [0.29, 0.717) is 13.2 Å². The van der Waals surface area contributed by atoms with Crippen LogP contribution < -0.4 is 0 Å². The Hall–Kier alpha value is -2.24. The van der Waals surface area contributed by atoms with Crippen molar-refractivity contribution in [3.63, 3.8) is 0 Å². The maximum atomic E-state index is 5.89. The largest absolute Gasteiger partial charge is 0.347 e. The molecule has 3 aromatic rings. The number of benzene rings is 2. The normalized spacial score (nSPS) is 19.2. The Kier molecular flexibility index (Phi) is 3.57. The number of aromatic nitrogens is 3. The van der Waals surface area contributed by atoms with Crippen LogP contribution in [0.1, 0.15) is 30.1 Å². The predicted molar refractivity (Wildman–Crippen MR) is 94.3 cm³/mol. The molecule has 1 saturated heterocycles. The van der Waals surface area contributed by atoms with Crippen molar-refractivity contribution < 1.29 is 9.47 Å². The molecule has 1 spiro atoms. The van der Waals surface area contributed by atoms with Gasteiger partial charge in [0.25, 0.3) is 0 Å². The van der Waals surface area contributed by atoms with Crippen molar-refractivity contribution in [3.8, 4) is 0 Å². The molecule has 25 heavy (non-hydrogen) atoms. The Bertz CT molecular complexity index is 907. The van der Waals surface area contributed by atoms with Crippen LogP contribution in [0.4, 0.5) is 0 Å². The number of hydrogen-bond acceptors (Lipinski definition) is 4. The van der Waals surface area contributed by atoms with Crippen LogP contribution in [0.25, 0.3) is 10.8 Å². The van der Waals surface area contributed by atoms with Gasteiger partial charge in [0.2, 0.25) is 0 Å². The average molecular weight is 335 g/mol. The van der Waals surface area contributed by atoms with Crippen LogP contribution in [-0.4, -0.2) is 33.8 Å². The van der Waals surface area contributed by atoms with Crippen molar-refractivity contribution in [3.05, 3.63) is 59.7 Å². The van der Waals surface area contributed by atoms with Crippen molar-refractivity contribution in [1.29, 1.82) is 0 Å². The highest BCUT2D eigenvalue weighted by molar-refractivity contribution is 5.85. The Morgan fingerprint density at radius 3 is 2.72 bits per heavy atom. The first-order chi connectivity index (χ1) is 12.3. The lowest BCUT2D eigenvalue weighted by Crippen LogP contribution is -2.30.